The van der Waals surface area contributed by atoms with Gasteiger partial charge in [-0.15, -0.1) is 0 Å². The monoisotopic (exact) mass is 556 g/mol. The van der Waals surface area contributed by atoms with Gasteiger partial charge >= 0.3 is 11.9 Å². The van der Waals surface area contributed by atoms with E-state index in [1.165, 1.54) is 14.2 Å². The molecule has 3 aliphatic heterocycles. The first kappa shape index (κ1) is 31.0. The van der Waals surface area contributed by atoms with Gasteiger partial charge in [-0.3, -0.25) is 0 Å². The number of fused-ring (bicyclic) bond motifs is 2. The van der Waals surface area contributed by atoms with Crippen molar-refractivity contribution in [1.29, 1.82) is 0 Å². The molecule has 220 valence electrons. The zero-order valence-corrected chi connectivity index (χ0v) is 21.1. The van der Waals surface area contributed by atoms with Crippen LogP contribution in [0.3, 0.4) is 0 Å². The van der Waals surface area contributed by atoms with Crippen LogP contribution in [0.15, 0.2) is 0 Å². The van der Waals surface area contributed by atoms with Crippen LogP contribution in [0, 0.1) is 0 Å². The molecule has 38 heavy (non-hydrogen) atoms. The van der Waals surface area contributed by atoms with E-state index in [9.17, 15) is 30.0 Å². The minimum atomic E-state index is -1.58. The topological polar surface area (TPSA) is 207 Å². The Bertz CT molecular complexity index is 678. The number of aliphatic hydroxyl groups excluding tert-OH is 2. The van der Waals surface area contributed by atoms with E-state index in [-0.39, 0.29) is 52.9 Å². The molecule has 0 radical (unpaired) electrons. The molecule has 10 atom stereocenters. The third-order valence-corrected chi connectivity index (χ3v) is 6.14. The summed E-state index contributed by atoms with van der Waals surface area (Å²) in [5.74, 6) is -2.76. The number of methoxy groups -OCH3 is 2. The molecular formula is C22H36O16. The molecule has 0 spiro atoms. The van der Waals surface area contributed by atoms with Crippen molar-refractivity contribution in [2.75, 3.05) is 67.1 Å². The fraction of sp³-hybridized carbons (Fsp3) is 0.909. The fourth-order valence-corrected chi connectivity index (χ4v) is 4.35. The summed E-state index contributed by atoms with van der Waals surface area (Å²) in [6.07, 6.45) is -12.6. The van der Waals surface area contributed by atoms with Crippen molar-refractivity contribution in [1.82, 2.24) is 0 Å². The number of ether oxygens (including phenoxy) is 10. The molecule has 0 amide bonds. The maximum absolute atomic E-state index is 11.5. The van der Waals surface area contributed by atoms with Crippen LogP contribution in [0.4, 0.5) is 0 Å². The van der Waals surface area contributed by atoms with Crippen LogP contribution in [-0.4, -0.2) is 161 Å². The highest BCUT2D eigenvalue weighted by Gasteiger charge is 2.51. The summed E-state index contributed by atoms with van der Waals surface area (Å²) >= 11 is 0. The van der Waals surface area contributed by atoms with Crippen LogP contribution in [0.5, 0.6) is 0 Å². The lowest BCUT2D eigenvalue weighted by Gasteiger charge is -2.42. The average Bonchev–Trinajstić information content (AvgIpc) is 2.88. The number of aliphatic hydroxyl groups is 2. The first-order valence-electron chi connectivity index (χ1n) is 12.1. The Morgan fingerprint density at radius 2 is 0.895 bits per heavy atom. The molecule has 0 aromatic heterocycles. The molecular weight excluding hydrogens is 520 g/mol. The summed E-state index contributed by atoms with van der Waals surface area (Å²) < 4.78 is 55.2. The van der Waals surface area contributed by atoms with Crippen molar-refractivity contribution < 1.29 is 77.4 Å². The predicted octanol–water partition coefficient (Wildman–Crippen LogP) is -2.79. The molecule has 0 saturated carbocycles. The highest BCUT2D eigenvalue weighted by atomic mass is 16.7. The van der Waals surface area contributed by atoms with Crippen LogP contribution in [0.25, 0.3) is 0 Å². The normalized spacial score (nSPS) is 40.6. The number of hydrogen-bond donors (Lipinski definition) is 4. The van der Waals surface area contributed by atoms with E-state index in [2.05, 4.69) is 0 Å². The molecule has 3 aliphatic rings. The first-order valence-corrected chi connectivity index (χ1v) is 12.1. The Morgan fingerprint density at radius 3 is 1.18 bits per heavy atom. The van der Waals surface area contributed by atoms with Gasteiger partial charge in [-0.05, 0) is 0 Å². The molecule has 0 bridgehead atoms. The average molecular weight is 557 g/mol. The second-order valence-electron chi connectivity index (χ2n) is 8.55. The molecule has 0 aromatic rings. The fourth-order valence-electron chi connectivity index (χ4n) is 4.35. The van der Waals surface area contributed by atoms with Gasteiger partial charge in [-0.1, -0.05) is 0 Å². The molecule has 3 fully saturated rings. The van der Waals surface area contributed by atoms with Crippen LogP contribution in [0.1, 0.15) is 0 Å². The minimum Gasteiger partial charge on any atom is -0.479 e. The third-order valence-electron chi connectivity index (χ3n) is 6.14. The Kier molecular flexibility index (Phi) is 12.5. The van der Waals surface area contributed by atoms with Gasteiger partial charge in [0.25, 0.3) is 0 Å². The van der Waals surface area contributed by atoms with Gasteiger partial charge in [-0.25, -0.2) is 9.59 Å². The summed E-state index contributed by atoms with van der Waals surface area (Å²) in [6.45, 7) is 0.199. The summed E-state index contributed by atoms with van der Waals surface area (Å²) in [5, 5.41) is 40.0. The van der Waals surface area contributed by atoms with Gasteiger partial charge in [0.15, 0.2) is 24.8 Å². The standard InChI is InChI=1S/C22H36O16/c1-29-21-17-13(11(23)15(37-21)19(25)26)33-7-3-32-6-10-36-18-14(34-8-4-31-5-9-35-17)12(24)16(20(27)28)38-22(18)30-2/h11-18,21-24H,3-10H2,1-2H3,(H,25,26)(H,27,28)/t11-,12-,13-,14-,15-,16-,17+,18+,21-,22-/m0/s1. The molecule has 4 N–H and O–H groups in total. The SMILES string of the molecule is CO[C@H]1O[C@H](C(=O)O)[C@@H](O)[C@@H]2OCCOCCO[C@H]3[C@@H](OC)O[C@H](C(=O)O)[C@@H](O)[C@@H]3OCCOCCO[C@@H]12. The van der Waals surface area contributed by atoms with Gasteiger partial charge in [0.05, 0.1) is 52.9 Å². The lowest BCUT2D eigenvalue weighted by Crippen LogP contribution is -2.62. The summed E-state index contributed by atoms with van der Waals surface area (Å²) in [6, 6.07) is 0. The Labute approximate surface area is 218 Å². The summed E-state index contributed by atoms with van der Waals surface area (Å²) in [7, 11) is 2.62. The quantitative estimate of drug-likeness (QED) is 0.276. The van der Waals surface area contributed by atoms with Crippen LogP contribution < -0.4 is 0 Å². The zero-order chi connectivity index (χ0) is 27.7. The summed E-state index contributed by atoms with van der Waals surface area (Å²) in [4.78, 5) is 23.1. The largest absolute Gasteiger partial charge is 0.479 e. The molecule has 3 saturated heterocycles. The maximum atomic E-state index is 11.5. The number of carboxylic acids is 2. The van der Waals surface area contributed by atoms with Gasteiger partial charge in [0, 0.05) is 14.2 Å². The van der Waals surface area contributed by atoms with Gasteiger partial charge in [0.1, 0.15) is 36.6 Å². The van der Waals surface area contributed by atoms with Crippen LogP contribution in [-0.2, 0) is 57.0 Å². The number of aliphatic carboxylic acids is 2. The smallest absolute Gasteiger partial charge is 0.335 e. The molecule has 16 heteroatoms. The molecule has 3 rings (SSSR count). The Balaban J connectivity index is 1.66. The second kappa shape index (κ2) is 15.3. The first-order chi connectivity index (χ1) is 18.3. The van der Waals surface area contributed by atoms with Crippen molar-refractivity contribution in [3.05, 3.63) is 0 Å². The highest BCUT2D eigenvalue weighted by molar-refractivity contribution is 5.73. The maximum Gasteiger partial charge on any atom is 0.335 e. The van der Waals surface area contributed by atoms with Crippen molar-refractivity contribution in [3.63, 3.8) is 0 Å². The number of rotatable bonds is 4. The van der Waals surface area contributed by atoms with E-state index >= 15 is 0 Å². The molecule has 3 heterocycles. The van der Waals surface area contributed by atoms with E-state index < -0.39 is 73.4 Å². The molecule has 0 unspecified atom stereocenters. The third kappa shape index (κ3) is 7.77. The van der Waals surface area contributed by atoms with Crippen LogP contribution >= 0.6 is 0 Å². The summed E-state index contributed by atoms with van der Waals surface area (Å²) in [5.41, 5.74) is 0. The van der Waals surface area contributed by atoms with E-state index in [0.29, 0.717) is 0 Å². The zero-order valence-electron chi connectivity index (χ0n) is 21.1. The molecule has 0 aliphatic carbocycles. The minimum absolute atomic E-state index is 0.00711. The Hall–Kier alpha value is -1.54. The van der Waals surface area contributed by atoms with E-state index in [1.54, 1.807) is 0 Å². The molecule has 16 nitrogen and oxygen atoms in total. The van der Waals surface area contributed by atoms with Gasteiger partial charge in [0.2, 0.25) is 0 Å². The number of hydrogen-bond acceptors (Lipinski definition) is 14. The lowest BCUT2D eigenvalue weighted by molar-refractivity contribution is -0.308. The van der Waals surface area contributed by atoms with Crippen molar-refractivity contribution in [2.45, 2.75) is 61.4 Å². The van der Waals surface area contributed by atoms with E-state index in [0.717, 1.165) is 0 Å². The lowest BCUT2D eigenvalue weighted by atomic mass is 9.98. The van der Waals surface area contributed by atoms with Gasteiger partial charge < -0.3 is 67.8 Å². The van der Waals surface area contributed by atoms with E-state index in [1.807, 2.05) is 0 Å². The van der Waals surface area contributed by atoms with Crippen molar-refractivity contribution in [2.24, 2.45) is 0 Å². The van der Waals surface area contributed by atoms with Crippen LogP contribution in [0.2, 0.25) is 0 Å². The molecule has 0 aromatic carbocycles. The highest BCUT2D eigenvalue weighted by Crippen LogP contribution is 2.28. The number of carbonyl (C=O) groups is 2. The predicted molar refractivity (Wildman–Crippen MR) is 119 cm³/mol. The second-order valence-corrected chi connectivity index (χ2v) is 8.55. The van der Waals surface area contributed by atoms with E-state index in [4.69, 9.17) is 47.4 Å². The van der Waals surface area contributed by atoms with Gasteiger partial charge in [-0.2, -0.15) is 0 Å². The number of carboxylic acid groups (broad SMARTS) is 2. The van der Waals surface area contributed by atoms with Crippen molar-refractivity contribution >= 4 is 11.9 Å². The van der Waals surface area contributed by atoms with Crippen molar-refractivity contribution in [3.8, 4) is 0 Å². The Morgan fingerprint density at radius 1 is 0.579 bits per heavy atom.